The van der Waals surface area contributed by atoms with E-state index in [-0.39, 0.29) is 11.9 Å². The molecule has 3 aromatic rings. The zero-order valence-electron chi connectivity index (χ0n) is 13.1. The molecule has 0 saturated carbocycles. The van der Waals surface area contributed by atoms with Crippen molar-refractivity contribution in [2.75, 3.05) is 11.4 Å². The molecule has 1 aliphatic heterocycles. The first kappa shape index (κ1) is 14.9. The Labute approximate surface area is 143 Å². The standard InChI is InChI=1S/C17H16N4O2S/c1-11-8-21(14-5-3-2-4-13(14)17(22)18-11)9-15-19-16(20-23-15)12-6-7-24-10-12/h2-7,10-11H,8-9H2,1H3,(H,18,22)/t11-/m1/s1. The molecule has 0 aliphatic carbocycles. The molecule has 4 rings (SSSR count). The highest BCUT2D eigenvalue weighted by atomic mass is 32.1. The van der Waals surface area contributed by atoms with Gasteiger partial charge in [0.1, 0.15) is 0 Å². The zero-order chi connectivity index (χ0) is 16.5. The lowest BCUT2D eigenvalue weighted by Gasteiger charge is -2.24. The number of hydrogen-bond acceptors (Lipinski definition) is 6. The highest BCUT2D eigenvalue weighted by Gasteiger charge is 2.25. The molecule has 7 heteroatoms. The summed E-state index contributed by atoms with van der Waals surface area (Å²) in [5.41, 5.74) is 2.51. The molecular weight excluding hydrogens is 324 g/mol. The van der Waals surface area contributed by atoms with E-state index in [0.717, 1.165) is 11.3 Å². The van der Waals surface area contributed by atoms with Crippen molar-refractivity contribution in [3.05, 3.63) is 52.5 Å². The maximum atomic E-state index is 12.3. The second kappa shape index (κ2) is 6.09. The second-order valence-corrected chi connectivity index (χ2v) is 6.58. The Balaban J connectivity index is 1.63. The molecule has 0 radical (unpaired) electrons. The molecule has 0 bridgehead atoms. The Kier molecular flexibility index (Phi) is 3.78. The van der Waals surface area contributed by atoms with E-state index in [4.69, 9.17) is 4.52 Å². The van der Waals surface area contributed by atoms with E-state index in [2.05, 4.69) is 20.4 Å². The van der Waals surface area contributed by atoms with E-state index in [1.54, 1.807) is 11.3 Å². The molecule has 1 amide bonds. The number of benzene rings is 1. The first-order chi connectivity index (χ1) is 11.7. The van der Waals surface area contributed by atoms with Gasteiger partial charge in [-0.2, -0.15) is 16.3 Å². The average molecular weight is 340 g/mol. The maximum Gasteiger partial charge on any atom is 0.253 e. The van der Waals surface area contributed by atoms with Crippen molar-refractivity contribution in [2.24, 2.45) is 0 Å². The van der Waals surface area contributed by atoms with E-state index < -0.39 is 0 Å². The van der Waals surface area contributed by atoms with E-state index in [9.17, 15) is 4.79 Å². The molecule has 3 heterocycles. The van der Waals surface area contributed by atoms with Crippen LogP contribution in [0.25, 0.3) is 11.4 Å². The molecule has 24 heavy (non-hydrogen) atoms. The SMILES string of the molecule is C[C@@H]1CN(Cc2nc(-c3ccsc3)no2)c2ccccc2C(=O)N1. The van der Waals surface area contributed by atoms with Crippen molar-refractivity contribution in [1.82, 2.24) is 15.5 Å². The van der Waals surface area contributed by atoms with Gasteiger partial charge >= 0.3 is 0 Å². The van der Waals surface area contributed by atoms with Gasteiger partial charge in [0.15, 0.2) is 0 Å². The van der Waals surface area contributed by atoms with Crippen molar-refractivity contribution < 1.29 is 9.32 Å². The Bertz CT molecular complexity index is 859. The fraction of sp³-hybridized carbons (Fsp3) is 0.235. The van der Waals surface area contributed by atoms with Crippen molar-refractivity contribution in [3.8, 4) is 11.4 Å². The quantitative estimate of drug-likeness (QED) is 0.794. The lowest BCUT2D eigenvalue weighted by molar-refractivity contribution is 0.0945. The average Bonchev–Trinajstić information content (AvgIpc) is 3.23. The number of thiophene rings is 1. The maximum absolute atomic E-state index is 12.3. The lowest BCUT2D eigenvalue weighted by Crippen LogP contribution is -2.38. The minimum absolute atomic E-state index is 0.0316. The largest absolute Gasteiger partial charge is 0.360 e. The number of carbonyl (C=O) groups is 1. The van der Waals surface area contributed by atoms with Crippen LogP contribution in [-0.4, -0.2) is 28.6 Å². The molecule has 0 spiro atoms. The molecule has 122 valence electrons. The molecule has 0 fully saturated rings. The number of anilines is 1. The van der Waals surface area contributed by atoms with Crippen LogP contribution in [0.5, 0.6) is 0 Å². The summed E-state index contributed by atoms with van der Waals surface area (Å²) in [7, 11) is 0. The summed E-state index contributed by atoms with van der Waals surface area (Å²) in [6, 6.07) is 9.58. The van der Waals surface area contributed by atoms with Crippen LogP contribution in [-0.2, 0) is 6.54 Å². The van der Waals surface area contributed by atoms with E-state index in [1.807, 2.05) is 48.0 Å². The Morgan fingerprint density at radius 2 is 2.25 bits per heavy atom. The van der Waals surface area contributed by atoms with Crippen LogP contribution in [0, 0.1) is 0 Å². The number of fused-ring (bicyclic) bond motifs is 1. The van der Waals surface area contributed by atoms with Crippen LogP contribution in [0.2, 0.25) is 0 Å². The number of amides is 1. The first-order valence-electron chi connectivity index (χ1n) is 7.70. The molecule has 0 saturated heterocycles. The van der Waals surface area contributed by atoms with E-state index in [0.29, 0.717) is 30.4 Å². The summed E-state index contributed by atoms with van der Waals surface area (Å²) < 4.78 is 5.41. The summed E-state index contributed by atoms with van der Waals surface area (Å²) in [6.45, 7) is 3.13. The lowest BCUT2D eigenvalue weighted by atomic mass is 10.1. The third-order valence-corrected chi connectivity index (χ3v) is 4.62. The summed E-state index contributed by atoms with van der Waals surface area (Å²) in [5.74, 6) is 1.08. The molecule has 6 nitrogen and oxygen atoms in total. The molecule has 1 aliphatic rings. The van der Waals surface area contributed by atoms with Crippen molar-refractivity contribution in [2.45, 2.75) is 19.5 Å². The van der Waals surface area contributed by atoms with Gasteiger partial charge in [-0.05, 0) is 30.5 Å². The van der Waals surface area contributed by atoms with Gasteiger partial charge in [0.05, 0.1) is 17.8 Å². The number of rotatable bonds is 3. The molecule has 0 unspecified atom stereocenters. The van der Waals surface area contributed by atoms with Crippen LogP contribution in [0.4, 0.5) is 5.69 Å². The van der Waals surface area contributed by atoms with Crippen LogP contribution in [0.3, 0.4) is 0 Å². The smallest absolute Gasteiger partial charge is 0.253 e. The monoisotopic (exact) mass is 340 g/mol. The van der Waals surface area contributed by atoms with Gasteiger partial charge in [-0.25, -0.2) is 0 Å². The van der Waals surface area contributed by atoms with Gasteiger partial charge < -0.3 is 14.7 Å². The van der Waals surface area contributed by atoms with Crippen LogP contribution >= 0.6 is 11.3 Å². The number of hydrogen-bond donors (Lipinski definition) is 1. The summed E-state index contributed by atoms with van der Waals surface area (Å²) in [4.78, 5) is 18.9. The fourth-order valence-electron chi connectivity index (χ4n) is 2.86. The minimum Gasteiger partial charge on any atom is -0.360 e. The minimum atomic E-state index is -0.0508. The third kappa shape index (κ3) is 2.78. The van der Waals surface area contributed by atoms with Gasteiger partial charge in [-0.15, -0.1) is 0 Å². The Hall–Kier alpha value is -2.67. The first-order valence-corrected chi connectivity index (χ1v) is 8.65. The van der Waals surface area contributed by atoms with Crippen LogP contribution < -0.4 is 10.2 Å². The molecular formula is C17H16N4O2S. The van der Waals surface area contributed by atoms with Gasteiger partial charge in [-0.1, -0.05) is 17.3 Å². The summed E-state index contributed by atoms with van der Waals surface area (Å²) in [6.07, 6.45) is 0. The number of nitrogens with one attached hydrogen (secondary N) is 1. The molecule has 1 atom stereocenters. The second-order valence-electron chi connectivity index (χ2n) is 5.80. The highest BCUT2D eigenvalue weighted by Crippen LogP contribution is 2.26. The number of nitrogens with zero attached hydrogens (tertiary/aromatic N) is 3. The number of aromatic nitrogens is 2. The van der Waals surface area contributed by atoms with Crippen LogP contribution in [0.15, 0.2) is 45.6 Å². The van der Waals surface area contributed by atoms with Gasteiger partial charge in [0, 0.05) is 23.5 Å². The topological polar surface area (TPSA) is 71.3 Å². The fourth-order valence-corrected chi connectivity index (χ4v) is 3.49. The highest BCUT2D eigenvalue weighted by molar-refractivity contribution is 7.08. The third-order valence-electron chi connectivity index (χ3n) is 3.93. The Morgan fingerprint density at radius 1 is 1.38 bits per heavy atom. The van der Waals surface area contributed by atoms with Crippen molar-refractivity contribution in [1.29, 1.82) is 0 Å². The summed E-state index contributed by atoms with van der Waals surface area (Å²) >= 11 is 1.60. The summed E-state index contributed by atoms with van der Waals surface area (Å²) in [5, 5.41) is 11.0. The Morgan fingerprint density at radius 3 is 3.08 bits per heavy atom. The molecule has 2 aromatic heterocycles. The van der Waals surface area contributed by atoms with Crippen molar-refractivity contribution in [3.63, 3.8) is 0 Å². The number of carbonyl (C=O) groups excluding carboxylic acids is 1. The van der Waals surface area contributed by atoms with E-state index in [1.165, 1.54) is 0 Å². The van der Waals surface area contributed by atoms with Crippen molar-refractivity contribution >= 4 is 22.9 Å². The van der Waals surface area contributed by atoms with Gasteiger partial charge in [-0.3, -0.25) is 4.79 Å². The molecule has 1 aromatic carbocycles. The number of para-hydroxylation sites is 1. The predicted molar refractivity (Wildman–Crippen MR) is 92.0 cm³/mol. The van der Waals surface area contributed by atoms with Crippen LogP contribution in [0.1, 0.15) is 23.2 Å². The van der Waals surface area contributed by atoms with Gasteiger partial charge in [0.2, 0.25) is 11.7 Å². The van der Waals surface area contributed by atoms with Gasteiger partial charge in [0.25, 0.3) is 5.91 Å². The predicted octanol–water partition coefficient (Wildman–Crippen LogP) is 2.94. The molecule has 1 N–H and O–H groups in total. The van der Waals surface area contributed by atoms with E-state index >= 15 is 0 Å². The zero-order valence-corrected chi connectivity index (χ0v) is 13.9. The normalized spacial score (nSPS) is 17.3.